The summed E-state index contributed by atoms with van der Waals surface area (Å²) < 4.78 is 27.8. The maximum absolute atomic E-state index is 14.3. The number of nitrogens with zero attached hydrogens (tertiary/aromatic N) is 2. The van der Waals surface area contributed by atoms with Crippen LogP contribution in [0.4, 0.5) is 9.59 Å². The van der Waals surface area contributed by atoms with Crippen molar-refractivity contribution in [2.45, 2.75) is 162 Å². The highest BCUT2D eigenvalue weighted by molar-refractivity contribution is 5.92. The van der Waals surface area contributed by atoms with Crippen LogP contribution in [0.15, 0.2) is 30.3 Å². The van der Waals surface area contributed by atoms with Crippen LogP contribution in [-0.4, -0.2) is 106 Å². The van der Waals surface area contributed by atoms with E-state index in [-0.39, 0.29) is 19.4 Å². The van der Waals surface area contributed by atoms with Gasteiger partial charge in [-0.2, -0.15) is 0 Å². The van der Waals surface area contributed by atoms with Crippen LogP contribution in [0.1, 0.15) is 115 Å². The van der Waals surface area contributed by atoms with Gasteiger partial charge in [-0.3, -0.25) is 9.69 Å². The third-order valence-electron chi connectivity index (χ3n) is 7.53. The third kappa shape index (κ3) is 15.6. The van der Waals surface area contributed by atoms with Gasteiger partial charge in [0.15, 0.2) is 6.04 Å². The number of amides is 3. The average Bonchev–Trinajstić information content (AvgIpc) is 3.48. The fourth-order valence-electron chi connectivity index (χ4n) is 5.45. The van der Waals surface area contributed by atoms with E-state index in [1.807, 2.05) is 30.3 Å². The molecule has 1 aromatic carbocycles. The first-order valence-electron chi connectivity index (χ1n) is 18.1. The number of carbonyl (C=O) groups is 6. The van der Waals surface area contributed by atoms with E-state index in [9.17, 15) is 28.8 Å². The average molecular weight is 748 g/mol. The van der Waals surface area contributed by atoms with E-state index in [0.29, 0.717) is 12.8 Å². The van der Waals surface area contributed by atoms with Gasteiger partial charge in [0.2, 0.25) is 5.91 Å². The van der Waals surface area contributed by atoms with Crippen LogP contribution < -0.4 is 5.32 Å². The minimum Gasteiger partial charge on any atom is -0.461 e. The smallest absolute Gasteiger partial charge is 0.411 e. The second kappa shape index (κ2) is 18.1. The molecule has 1 aromatic rings. The second-order valence-electron chi connectivity index (χ2n) is 17.2. The molecule has 53 heavy (non-hydrogen) atoms. The second-order valence-corrected chi connectivity index (χ2v) is 17.2. The van der Waals surface area contributed by atoms with Crippen molar-refractivity contribution in [2.24, 2.45) is 0 Å². The fraction of sp³-hybridized carbons (Fsp3) is 0.692. The fourth-order valence-corrected chi connectivity index (χ4v) is 5.45. The minimum atomic E-state index is -1.48. The largest absolute Gasteiger partial charge is 0.461 e. The Morgan fingerprint density at radius 3 is 1.85 bits per heavy atom. The van der Waals surface area contributed by atoms with Crippen molar-refractivity contribution < 1.29 is 52.5 Å². The van der Waals surface area contributed by atoms with Crippen LogP contribution in [0.25, 0.3) is 0 Å². The van der Waals surface area contributed by atoms with Crippen LogP contribution in [0.3, 0.4) is 0 Å². The molecule has 4 atom stereocenters. The summed E-state index contributed by atoms with van der Waals surface area (Å²) in [4.78, 5) is 84.0. The Morgan fingerprint density at radius 2 is 1.32 bits per heavy atom. The van der Waals surface area contributed by atoms with Crippen LogP contribution in [-0.2, 0) is 49.3 Å². The molecule has 298 valence electrons. The summed E-state index contributed by atoms with van der Waals surface area (Å²) in [5, 5.41) is 2.42. The molecule has 1 fully saturated rings. The monoisotopic (exact) mass is 747 g/mol. The lowest BCUT2D eigenvalue weighted by Gasteiger charge is -2.38. The van der Waals surface area contributed by atoms with E-state index in [1.54, 1.807) is 83.1 Å². The number of nitrogens with one attached hydrogen (secondary N) is 1. The lowest BCUT2D eigenvalue weighted by Crippen LogP contribution is -2.58. The summed E-state index contributed by atoms with van der Waals surface area (Å²) in [6, 6.07) is 4.14. The number of ether oxygens (including phenoxy) is 5. The van der Waals surface area contributed by atoms with Gasteiger partial charge in [-0.05, 0) is 121 Å². The number of hydrogen-bond acceptors (Lipinski definition) is 11. The molecule has 0 radical (unpaired) electrons. The van der Waals surface area contributed by atoms with Crippen molar-refractivity contribution in [1.29, 1.82) is 0 Å². The Kier molecular flexibility index (Phi) is 15.3. The van der Waals surface area contributed by atoms with E-state index in [4.69, 9.17) is 23.7 Å². The van der Waals surface area contributed by atoms with Gasteiger partial charge in [0.1, 0.15) is 47.1 Å². The van der Waals surface area contributed by atoms with Crippen LogP contribution >= 0.6 is 0 Å². The van der Waals surface area contributed by atoms with Gasteiger partial charge in [-0.1, -0.05) is 30.3 Å². The molecule has 1 N–H and O–H groups in total. The maximum Gasteiger partial charge on any atom is 0.411 e. The maximum atomic E-state index is 14.3. The number of aryl methyl sites for hydroxylation is 1. The molecule has 3 amide bonds. The lowest BCUT2D eigenvalue weighted by atomic mass is 10.0. The Hall–Kier alpha value is -4.36. The first-order chi connectivity index (χ1) is 24.2. The molecule has 1 heterocycles. The quantitative estimate of drug-likeness (QED) is 0.205. The van der Waals surface area contributed by atoms with E-state index in [1.165, 1.54) is 11.8 Å². The van der Waals surface area contributed by atoms with Crippen molar-refractivity contribution in [1.82, 2.24) is 15.1 Å². The normalized spacial score (nSPS) is 16.8. The van der Waals surface area contributed by atoms with Crippen molar-refractivity contribution >= 4 is 36.0 Å². The number of carbonyl (C=O) groups excluding carboxylic acids is 6. The van der Waals surface area contributed by atoms with Gasteiger partial charge < -0.3 is 33.9 Å². The van der Waals surface area contributed by atoms with Crippen molar-refractivity contribution in [3.05, 3.63) is 35.9 Å². The Morgan fingerprint density at radius 1 is 0.774 bits per heavy atom. The van der Waals surface area contributed by atoms with Crippen LogP contribution in [0.2, 0.25) is 0 Å². The van der Waals surface area contributed by atoms with Crippen molar-refractivity contribution in [3.63, 3.8) is 0 Å². The zero-order valence-electron chi connectivity index (χ0n) is 33.8. The topological polar surface area (TPSA) is 167 Å². The van der Waals surface area contributed by atoms with Gasteiger partial charge in [0, 0.05) is 6.54 Å². The third-order valence-corrected chi connectivity index (χ3v) is 7.53. The molecule has 0 aliphatic carbocycles. The van der Waals surface area contributed by atoms with E-state index in [0.717, 1.165) is 10.5 Å². The van der Waals surface area contributed by atoms with E-state index < -0.39 is 89.2 Å². The summed E-state index contributed by atoms with van der Waals surface area (Å²) in [5.41, 5.74) is -2.79. The summed E-state index contributed by atoms with van der Waals surface area (Å²) in [6.45, 7) is 21.1. The Labute approximate surface area is 314 Å². The number of rotatable bonds is 12. The molecule has 0 saturated carbocycles. The predicted molar refractivity (Wildman–Crippen MR) is 197 cm³/mol. The summed E-state index contributed by atoms with van der Waals surface area (Å²) in [5.74, 6) is -2.99. The van der Waals surface area contributed by atoms with Gasteiger partial charge in [0.05, 0.1) is 0 Å². The molecule has 14 nitrogen and oxygen atoms in total. The highest BCUT2D eigenvalue weighted by Crippen LogP contribution is 2.26. The van der Waals surface area contributed by atoms with E-state index in [2.05, 4.69) is 5.32 Å². The molecular formula is C39H61N3O11. The number of likely N-dealkylation sites (tertiary alicyclic amines) is 1. The van der Waals surface area contributed by atoms with Gasteiger partial charge in [0.25, 0.3) is 0 Å². The molecule has 14 heteroatoms. The zero-order valence-corrected chi connectivity index (χ0v) is 33.8. The molecular weight excluding hydrogens is 686 g/mol. The molecule has 1 aliphatic rings. The van der Waals surface area contributed by atoms with Crippen LogP contribution in [0.5, 0.6) is 0 Å². The first kappa shape index (κ1) is 44.8. The summed E-state index contributed by atoms with van der Waals surface area (Å²) in [7, 11) is 0. The molecule has 0 bridgehead atoms. The molecule has 2 rings (SSSR count). The van der Waals surface area contributed by atoms with Gasteiger partial charge >= 0.3 is 30.1 Å². The minimum absolute atomic E-state index is 0.00813. The predicted octanol–water partition coefficient (Wildman–Crippen LogP) is 5.72. The van der Waals surface area contributed by atoms with Crippen molar-refractivity contribution in [2.75, 3.05) is 13.2 Å². The van der Waals surface area contributed by atoms with Crippen molar-refractivity contribution in [3.8, 4) is 0 Å². The highest BCUT2D eigenvalue weighted by Gasteiger charge is 2.45. The molecule has 0 spiro atoms. The zero-order chi connectivity index (χ0) is 40.5. The van der Waals surface area contributed by atoms with Gasteiger partial charge in [-0.15, -0.1) is 0 Å². The summed E-state index contributed by atoms with van der Waals surface area (Å²) in [6.07, 6.45) is -0.717. The Balaban J connectivity index is 2.55. The number of alkyl carbamates (subject to hydrolysis) is 1. The van der Waals surface area contributed by atoms with Crippen LogP contribution in [0, 0.1) is 0 Å². The Bertz CT molecular complexity index is 1440. The van der Waals surface area contributed by atoms with Gasteiger partial charge in [-0.25, -0.2) is 24.0 Å². The molecule has 0 unspecified atom stereocenters. The molecule has 1 saturated heterocycles. The first-order valence-corrected chi connectivity index (χ1v) is 18.1. The molecule has 1 aliphatic heterocycles. The number of hydrogen-bond donors (Lipinski definition) is 1. The highest BCUT2D eigenvalue weighted by atomic mass is 16.6. The van der Waals surface area contributed by atoms with E-state index >= 15 is 0 Å². The SMILES string of the molecule is C[C@@H](C(=O)N1CCC[C@H]1C(=O)OC(C)(C)C)N(C(=O)OC(C)(C)C)[C@@H](CCc1ccccc1)C(=O)OC[C@H](NC(=O)OC(C)(C)C)C(=O)OC(C)(C)C. The lowest BCUT2D eigenvalue weighted by molar-refractivity contribution is -0.166. The standard InChI is InChI=1S/C39H61N3O11/c1-25(30(43)41-23-17-20-28(41)33(46)51-37(5,6)7)42(35(48)53-39(11,12)13)29(22-21-26-18-15-14-16-19-26)32(45)49-24-27(31(44)50-36(2,3)4)40-34(47)52-38(8,9)10/h14-16,18-19,25,27-29H,17,20-24H2,1-13H3,(H,40,47)/t25-,27-,28-,29-/m0/s1. The molecule has 0 aromatic heterocycles. The summed E-state index contributed by atoms with van der Waals surface area (Å²) >= 11 is 0. The number of esters is 3. The number of benzene rings is 1.